The van der Waals surface area contributed by atoms with Crippen molar-refractivity contribution in [2.24, 2.45) is 0 Å². The molecule has 0 fully saturated rings. The Morgan fingerprint density at radius 3 is 2.87 bits per heavy atom. The molecular weight excluding hydrogens is 216 g/mol. The van der Waals surface area contributed by atoms with Gasteiger partial charge in [-0.15, -0.1) is 0 Å². The van der Waals surface area contributed by atoms with Crippen LogP contribution in [0.2, 0.25) is 0 Å². The third-order valence-corrected chi connectivity index (χ3v) is 3.39. The van der Waals surface area contributed by atoms with Crippen LogP contribution in [0.25, 0.3) is 0 Å². The second kappa shape index (κ2) is 5.24. The van der Waals surface area contributed by atoms with Crippen molar-refractivity contribution in [3.63, 3.8) is 0 Å². The first-order valence-corrected chi connectivity index (χ1v) is 6.26. The van der Waals surface area contributed by atoms with Crippen LogP contribution in [0.1, 0.15) is 18.9 Å². The van der Waals surface area contributed by atoms with Crippen LogP contribution in [0.3, 0.4) is 0 Å². The maximum atomic E-state index is 11.5. The van der Waals surface area contributed by atoms with Crippen LogP contribution < -0.4 is 10.0 Å². The van der Waals surface area contributed by atoms with Crippen LogP contribution in [0, 0.1) is 0 Å². The number of hydrogen-bond donors (Lipinski definition) is 3. The molecule has 0 amide bonds. The molecule has 0 unspecified atom stereocenters. The van der Waals surface area contributed by atoms with Gasteiger partial charge in [-0.05, 0) is 20.0 Å². The fourth-order valence-electron chi connectivity index (χ4n) is 1.16. The normalized spacial score (nSPS) is 11.9. The molecule has 6 nitrogen and oxygen atoms in total. The molecule has 0 spiro atoms. The second-order valence-electron chi connectivity index (χ2n) is 3.11. The van der Waals surface area contributed by atoms with Gasteiger partial charge < -0.3 is 5.32 Å². The van der Waals surface area contributed by atoms with E-state index in [0.717, 1.165) is 13.0 Å². The van der Waals surface area contributed by atoms with Gasteiger partial charge in [0.15, 0.2) is 5.03 Å². The van der Waals surface area contributed by atoms with E-state index in [1.807, 2.05) is 6.92 Å². The minimum Gasteiger partial charge on any atom is -0.313 e. The van der Waals surface area contributed by atoms with Crippen LogP contribution in [0.5, 0.6) is 0 Å². The van der Waals surface area contributed by atoms with E-state index in [1.165, 1.54) is 13.2 Å². The monoisotopic (exact) mass is 232 g/mol. The van der Waals surface area contributed by atoms with Crippen molar-refractivity contribution in [2.75, 3.05) is 13.6 Å². The Labute approximate surface area is 89.5 Å². The van der Waals surface area contributed by atoms with Gasteiger partial charge in [-0.2, -0.15) is 5.10 Å². The summed E-state index contributed by atoms with van der Waals surface area (Å²) in [5.41, 5.74) is 0.651. The van der Waals surface area contributed by atoms with E-state index in [0.29, 0.717) is 12.1 Å². The highest BCUT2D eigenvalue weighted by Gasteiger charge is 2.18. The molecule has 1 aromatic rings. The lowest BCUT2D eigenvalue weighted by molar-refractivity contribution is 0.580. The smallest absolute Gasteiger partial charge is 0.257 e. The highest BCUT2D eigenvalue weighted by atomic mass is 32.2. The topological polar surface area (TPSA) is 86.9 Å². The van der Waals surface area contributed by atoms with E-state index in [9.17, 15) is 8.42 Å². The van der Waals surface area contributed by atoms with Crippen molar-refractivity contribution in [3.8, 4) is 0 Å². The average molecular weight is 232 g/mol. The maximum Gasteiger partial charge on any atom is 0.257 e. The van der Waals surface area contributed by atoms with Gasteiger partial charge in [0.1, 0.15) is 0 Å². The van der Waals surface area contributed by atoms with Crippen LogP contribution in [0.4, 0.5) is 0 Å². The summed E-state index contributed by atoms with van der Waals surface area (Å²) in [4.78, 5) is 0. The highest BCUT2D eigenvalue weighted by Crippen LogP contribution is 2.10. The molecule has 1 heterocycles. The summed E-state index contributed by atoms with van der Waals surface area (Å²) in [6.07, 6.45) is 2.53. The maximum absolute atomic E-state index is 11.5. The Bertz CT molecular complexity index is 399. The summed E-state index contributed by atoms with van der Waals surface area (Å²) in [6.45, 7) is 3.40. The van der Waals surface area contributed by atoms with Crippen molar-refractivity contribution in [1.82, 2.24) is 20.2 Å². The van der Waals surface area contributed by atoms with Crippen molar-refractivity contribution in [1.29, 1.82) is 0 Å². The van der Waals surface area contributed by atoms with Gasteiger partial charge in [0.05, 0.1) is 6.20 Å². The first kappa shape index (κ1) is 12.2. The van der Waals surface area contributed by atoms with Gasteiger partial charge in [0, 0.05) is 12.1 Å². The quantitative estimate of drug-likeness (QED) is 0.594. The molecule has 0 bridgehead atoms. The molecular formula is C8H16N4O2S. The van der Waals surface area contributed by atoms with Gasteiger partial charge in [0.25, 0.3) is 10.0 Å². The lowest BCUT2D eigenvalue weighted by atomic mass is 10.3. The lowest BCUT2D eigenvalue weighted by Crippen LogP contribution is -2.22. The number of sulfonamides is 1. The summed E-state index contributed by atoms with van der Waals surface area (Å²) in [5.74, 6) is 0. The van der Waals surface area contributed by atoms with E-state index >= 15 is 0 Å². The Hall–Kier alpha value is -0.920. The standard InChI is InChI=1S/C8H16N4O2S/c1-3-4-10-5-7-6-11-12-8(7)15(13,14)9-2/h6,9-10H,3-5H2,1-2H3,(H,11,12). The largest absolute Gasteiger partial charge is 0.313 e. The summed E-state index contributed by atoms with van der Waals surface area (Å²) >= 11 is 0. The minimum absolute atomic E-state index is 0.133. The van der Waals surface area contributed by atoms with E-state index in [-0.39, 0.29) is 5.03 Å². The molecule has 1 rings (SSSR count). The molecule has 15 heavy (non-hydrogen) atoms. The van der Waals surface area contributed by atoms with Crippen molar-refractivity contribution in [2.45, 2.75) is 24.9 Å². The van der Waals surface area contributed by atoms with Gasteiger partial charge in [0.2, 0.25) is 0 Å². The number of rotatable bonds is 6. The van der Waals surface area contributed by atoms with Gasteiger partial charge in [-0.3, -0.25) is 5.10 Å². The minimum atomic E-state index is -3.43. The molecule has 0 aromatic carbocycles. The molecule has 1 aromatic heterocycles. The zero-order chi connectivity index (χ0) is 11.3. The van der Waals surface area contributed by atoms with Gasteiger partial charge in [-0.25, -0.2) is 13.1 Å². The second-order valence-corrected chi connectivity index (χ2v) is 4.93. The number of aromatic amines is 1. The first-order chi connectivity index (χ1) is 7.11. The van der Waals surface area contributed by atoms with E-state index in [4.69, 9.17) is 0 Å². The predicted molar refractivity (Wildman–Crippen MR) is 56.8 cm³/mol. The first-order valence-electron chi connectivity index (χ1n) is 4.78. The van der Waals surface area contributed by atoms with Crippen LogP contribution in [-0.4, -0.2) is 32.2 Å². The molecule has 0 radical (unpaired) electrons. The fraction of sp³-hybridized carbons (Fsp3) is 0.625. The third-order valence-electron chi connectivity index (χ3n) is 1.96. The molecule has 0 aliphatic rings. The Kier molecular flexibility index (Phi) is 4.25. The molecule has 0 aliphatic heterocycles. The summed E-state index contributed by atoms with van der Waals surface area (Å²) in [5, 5.41) is 9.47. The fourth-order valence-corrected chi connectivity index (χ4v) is 2.01. The van der Waals surface area contributed by atoms with E-state index in [1.54, 1.807) is 0 Å². The molecule has 3 N–H and O–H groups in total. The summed E-state index contributed by atoms with van der Waals surface area (Å²) < 4.78 is 25.3. The van der Waals surface area contributed by atoms with Crippen molar-refractivity contribution in [3.05, 3.63) is 11.8 Å². The number of nitrogens with one attached hydrogen (secondary N) is 3. The SMILES string of the molecule is CCCNCc1cn[nH]c1S(=O)(=O)NC. The molecule has 7 heteroatoms. The summed E-state index contributed by atoms with van der Waals surface area (Å²) in [7, 11) is -2.06. The molecule has 0 atom stereocenters. The van der Waals surface area contributed by atoms with Crippen LogP contribution in [0.15, 0.2) is 11.2 Å². The zero-order valence-corrected chi connectivity index (χ0v) is 9.69. The van der Waals surface area contributed by atoms with Gasteiger partial charge >= 0.3 is 0 Å². The van der Waals surface area contributed by atoms with Crippen molar-refractivity contribution < 1.29 is 8.42 Å². The number of nitrogens with zero attached hydrogens (tertiary/aromatic N) is 1. The Balaban J connectivity index is 2.78. The highest BCUT2D eigenvalue weighted by molar-refractivity contribution is 7.89. The number of H-pyrrole nitrogens is 1. The summed E-state index contributed by atoms with van der Waals surface area (Å²) in [6, 6.07) is 0. The van der Waals surface area contributed by atoms with E-state index < -0.39 is 10.0 Å². The molecule has 0 saturated carbocycles. The predicted octanol–water partition coefficient (Wildman–Crippen LogP) is -0.183. The molecule has 0 saturated heterocycles. The van der Waals surface area contributed by atoms with Crippen molar-refractivity contribution >= 4 is 10.0 Å². The van der Waals surface area contributed by atoms with Crippen LogP contribution in [-0.2, 0) is 16.6 Å². The molecule has 86 valence electrons. The Morgan fingerprint density at radius 2 is 2.27 bits per heavy atom. The number of hydrogen-bond acceptors (Lipinski definition) is 4. The zero-order valence-electron chi connectivity index (χ0n) is 8.87. The third kappa shape index (κ3) is 3.01. The van der Waals surface area contributed by atoms with Gasteiger partial charge in [-0.1, -0.05) is 6.92 Å². The van der Waals surface area contributed by atoms with Crippen LogP contribution >= 0.6 is 0 Å². The Morgan fingerprint density at radius 1 is 1.53 bits per heavy atom. The number of aromatic nitrogens is 2. The average Bonchev–Trinajstić information content (AvgIpc) is 2.67. The van der Waals surface area contributed by atoms with E-state index in [2.05, 4.69) is 20.2 Å². The molecule has 0 aliphatic carbocycles. The lowest BCUT2D eigenvalue weighted by Gasteiger charge is -2.04.